The molecule has 0 bridgehead atoms. The summed E-state index contributed by atoms with van der Waals surface area (Å²) in [6, 6.07) is 14.4. The predicted octanol–water partition coefficient (Wildman–Crippen LogP) is 4.74. The zero-order chi connectivity index (χ0) is 19.9. The van der Waals surface area contributed by atoms with Gasteiger partial charge in [-0.25, -0.2) is 14.2 Å². The Morgan fingerprint density at radius 2 is 1.71 bits per heavy atom. The van der Waals surface area contributed by atoms with Gasteiger partial charge in [0.05, 0.1) is 5.69 Å². The van der Waals surface area contributed by atoms with Crippen molar-refractivity contribution in [2.45, 2.75) is 13.8 Å². The van der Waals surface area contributed by atoms with Crippen LogP contribution in [0.15, 0.2) is 54.6 Å². The van der Waals surface area contributed by atoms with Gasteiger partial charge in [0.1, 0.15) is 11.6 Å². The van der Waals surface area contributed by atoms with Crippen molar-refractivity contribution in [3.8, 4) is 0 Å². The maximum Gasteiger partial charge on any atom is 0.323 e. The fraction of sp³-hybridized carbons (Fsp3) is 0.150. The molecule has 0 atom stereocenters. The minimum atomic E-state index is -0.521. The molecule has 0 spiro atoms. The second kappa shape index (κ2) is 8.81. The van der Waals surface area contributed by atoms with Crippen LogP contribution in [0.3, 0.4) is 0 Å². The average Bonchev–Trinajstić information content (AvgIpc) is 2.65. The molecule has 3 rings (SSSR count). The number of nitrogens with one attached hydrogen (secondary N) is 4. The lowest BCUT2D eigenvalue weighted by Gasteiger charge is -2.11. The van der Waals surface area contributed by atoms with Crippen LogP contribution in [0, 0.1) is 12.7 Å². The lowest BCUT2D eigenvalue weighted by molar-refractivity contribution is 0.262. The van der Waals surface area contributed by atoms with E-state index in [4.69, 9.17) is 0 Å². The van der Waals surface area contributed by atoms with E-state index in [-0.39, 0.29) is 5.69 Å². The Hall–Kier alpha value is -3.68. The highest BCUT2D eigenvalue weighted by molar-refractivity contribution is 5.99. The van der Waals surface area contributed by atoms with Gasteiger partial charge in [-0.3, -0.25) is 0 Å². The molecule has 0 aliphatic heterocycles. The Bertz CT molecular complexity index is 961. The van der Waals surface area contributed by atoms with Crippen LogP contribution in [-0.4, -0.2) is 22.5 Å². The number of anilines is 5. The summed E-state index contributed by atoms with van der Waals surface area (Å²) in [6.07, 6.45) is 0. The van der Waals surface area contributed by atoms with Crippen molar-refractivity contribution in [2.75, 3.05) is 27.8 Å². The number of hydrogen-bond acceptors (Lipinski definition) is 5. The molecule has 2 amide bonds. The van der Waals surface area contributed by atoms with Gasteiger partial charge in [0.2, 0.25) is 5.95 Å². The Balaban J connectivity index is 1.62. The number of aromatic nitrogens is 2. The maximum atomic E-state index is 13.6. The summed E-state index contributed by atoms with van der Waals surface area (Å²) in [6.45, 7) is 4.61. The number of amides is 2. The number of benzene rings is 2. The molecule has 4 N–H and O–H groups in total. The van der Waals surface area contributed by atoms with Gasteiger partial charge in [-0.15, -0.1) is 0 Å². The summed E-state index contributed by atoms with van der Waals surface area (Å²) >= 11 is 0. The minimum absolute atomic E-state index is 0.119. The van der Waals surface area contributed by atoms with E-state index in [9.17, 15) is 9.18 Å². The highest BCUT2D eigenvalue weighted by Crippen LogP contribution is 2.20. The van der Waals surface area contributed by atoms with Crippen LogP contribution in [-0.2, 0) is 0 Å². The normalized spacial score (nSPS) is 10.2. The highest BCUT2D eigenvalue weighted by atomic mass is 19.1. The van der Waals surface area contributed by atoms with Crippen LogP contribution in [0.1, 0.15) is 12.6 Å². The molecule has 0 aliphatic carbocycles. The Kier molecular flexibility index (Phi) is 6.01. The van der Waals surface area contributed by atoms with Gasteiger partial charge in [0, 0.05) is 29.7 Å². The lowest BCUT2D eigenvalue weighted by Crippen LogP contribution is -2.20. The smallest absolute Gasteiger partial charge is 0.323 e. The van der Waals surface area contributed by atoms with Crippen molar-refractivity contribution in [1.82, 2.24) is 9.97 Å². The summed E-state index contributed by atoms with van der Waals surface area (Å²) in [4.78, 5) is 20.7. The first-order chi connectivity index (χ1) is 13.5. The van der Waals surface area contributed by atoms with Crippen molar-refractivity contribution >= 4 is 34.9 Å². The van der Waals surface area contributed by atoms with E-state index in [0.717, 1.165) is 17.9 Å². The van der Waals surface area contributed by atoms with Crippen LogP contribution >= 0.6 is 0 Å². The number of urea groups is 1. The molecule has 0 unspecified atom stereocenters. The van der Waals surface area contributed by atoms with E-state index in [1.807, 2.05) is 32.0 Å². The van der Waals surface area contributed by atoms with Crippen molar-refractivity contribution in [3.63, 3.8) is 0 Å². The number of hydrogen-bond donors (Lipinski definition) is 4. The fourth-order valence-electron chi connectivity index (χ4n) is 2.50. The summed E-state index contributed by atoms with van der Waals surface area (Å²) < 4.78 is 13.6. The van der Waals surface area contributed by atoms with Crippen LogP contribution < -0.4 is 21.3 Å². The molecule has 1 aromatic heterocycles. The molecule has 144 valence electrons. The highest BCUT2D eigenvalue weighted by Gasteiger charge is 2.07. The summed E-state index contributed by atoms with van der Waals surface area (Å²) in [5.41, 5.74) is 2.35. The van der Waals surface area contributed by atoms with E-state index >= 15 is 0 Å². The topological polar surface area (TPSA) is 91.0 Å². The van der Waals surface area contributed by atoms with E-state index in [0.29, 0.717) is 17.5 Å². The number of para-hydroxylation sites is 1. The first kappa shape index (κ1) is 19.1. The zero-order valence-corrected chi connectivity index (χ0v) is 15.6. The van der Waals surface area contributed by atoms with Crippen molar-refractivity contribution in [1.29, 1.82) is 0 Å². The van der Waals surface area contributed by atoms with Crippen LogP contribution in [0.25, 0.3) is 0 Å². The van der Waals surface area contributed by atoms with Crippen LogP contribution in [0.5, 0.6) is 0 Å². The number of carbonyl (C=O) groups is 1. The second-order valence-electron chi connectivity index (χ2n) is 6.01. The van der Waals surface area contributed by atoms with Gasteiger partial charge in [-0.1, -0.05) is 12.1 Å². The Labute approximate surface area is 162 Å². The molecular weight excluding hydrogens is 359 g/mol. The quantitative estimate of drug-likeness (QED) is 0.496. The Morgan fingerprint density at radius 1 is 1.00 bits per heavy atom. The molecule has 7 nitrogen and oxygen atoms in total. The van der Waals surface area contributed by atoms with Crippen LogP contribution in [0.4, 0.5) is 38.0 Å². The van der Waals surface area contributed by atoms with Gasteiger partial charge >= 0.3 is 6.03 Å². The SMILES string of the molecule is CCNc1nc(C)cc(Nc2ccc(NC(=O)Nc3ccccc3F)cc2)n1. The van der Waals surface area contributed by atoms with Gasteiger partial charge in [-0.2, -0.15) is 4.98 Å². The molecule has 3 aromatic rings. The van der Waals surface area contributed by atoms with Gasteiger partial charge in [0.25, 0.3) is 0 Å². The summed E-state index contributed by atoms with van der Waals surface area (Å²) in [7, 11) is 0. The van der Waals surface area contributed by atoms with Gasteiger partial charge in [-0.05, 0) is 50.2 Å². The van der Waals surface area contributed by atoms with Crippen molar-refractivity contribution in [2.24, 2.45) is 0 Å². The molecule has 0 fully saturated rings. The summed E-state index contributed by atoms with van der Waals surface area (Å²) in [5.74, 6) is 0.740. The van der Waals surface area contributed by atoms with Gasteiger partial charge in [0.15, 0.2) is 0 Å². The Morgan fingerprint density at radius 3 is 2.43 bits per heavy atom. The van der Waals surface area contributed by atoms with E-state index in [1.54, 1.807) is 24.3 Å². The summed E-state index contributed by atoms with van der Waals surface area (Å²) in [5, 5.41) is 11.4. The van der Waals surface area contributed by atoms with Gasteiger partial charge < -0.3 is 21.3 Å². The zero-order valence-electron chi connectivity index (χ0n) is 15.6. The van der Waals surface area contributed by atoms with E-state index in [2.05, 4.69) is 31.2 Å². The monoisotopic (exact) mass is 380 g/mol. The molecule has 0 aliphatic rings. The number of halogens is 1. The lowest BCUT2D eigenvalue weighted by atomic mass is 10.2. The average molecular weight is 380 g/mol. The number of rotatable bonds is 6. The molecule has 0 saturated carbocycles. The molecule has 0 saturated heterocycles. The molecule has 0 radical (unpaired) electrons. The predicted molar refractivity (Wildman–Crippen MR) is 110 cm³/mol. The number of aryl methyl sites for hydroxylation is 1. The third kappa shape index (κ3) is 5.16. The second-order valence-corrected chi connectivity index (χ2v) is 6.01. The molecular formula is C20H21FN6O. The van der Waals surface area contributed by atoms with E-state index in [1.165, 1.54) is 12.1 Å². The van der Waals surface area contributed by atoms with E-state index < -0.39 is 11.8 Å². The molecule has 1 heterocycles. The van der Waals surface area contributed by atoms with Crippen LogP contribution in [0.2, 0.25) is 0 Å². The first-order valence-electron chi connectivity index (χ1n) is 8.82. The number of carbonyl (C=O) groups excluding carboxylic acids is 1. The molecule has 8 heteroatoms. The van der Waals surface area contributed by atoms with Crippen molar-refractivity contribution in [3.05, 3.63) is 66.1 Å². The third-order valence-corrected chi connectivity index (χ3v) is 3.73. The number of nitrogens with zero attached hydrogens (tertiary/aromatic N) is 2. The first-order valence-corrected chi connectivity index (χ1v) is 8.82. The third-order valence-electron chi connectivity index (χ3n) is 3.73. The standard InChI is InChI=1S/C20H21FN6O/c1-3-22-19-23-13(2)12-18(27-19)24-14-8-10-15(11-9-14)25-20(28)26-17-7-5-4-6-16(17)21/h4-12H,3H2,1-2H3,(H2,25,26,28)(H2,22,23,24,27). The maximum absolute atomic E-state index is 13.6. The largest absolute Gasteiger partial charge is 0.354 e. The minimum Gasteiger partial charge on any atom is -0.354 e. The molecule has 2 aromatic carbocycles. The molecule has 28 heavy (non-hydrogen) atoms. The van der Waals surface area contributed by atoms with Crippen molar-refractivity contribution < 1.29 is 9.18 Å². The fourth-order valence-corrected chi connectivity index (χ4v) is 2.50.